The molecule has 8 heteroatoms. The standard InChI is InChI=1S/C12H23NO6S/c1-11(2,3)19-10(14)13-20(15,16)12(5-6-12)9-18-8-7-17-4/h5-9H2,1-4H3,(H,13,14). The van der Waals surface area contributed by atoms with Crippen LogP contribution in [-0.2, 0) is 24.2 Å². The van der Waals surface area contributed by atoms with Crippen LogP contribution in [-0.4, -0.2) is 51.8 Å². The van der Waals surface area contributed by atoms with Gasteiger partial charge < -0.3 is 14.2 Å². The molecule has 0 heterocycles. The molecule has 0 aromatic carbocycles. The second kappa shape index (κ2) is 6.28. The minimum atomic E-state index is -3.80. The Balaban J connectivity index is 2.53. The molecule has 118 valence electrons. The first kappa shape index (κ1) is 17.2. The van der Waals surface area contributed by atoms with Crippen molar-refractivity contribution in [3.05, 3.63) is 0 Å². The lowest BCUT2D eigenvalue weighted by Crippen LogP contribution is -2.44. The van der Waals surface area contributed by atoms with Gasteiger partial charge in [-0.15, -0.1) is 0 Å². The summed E-state index contributed by atoms with van der Waals surface area (Å²) in [5, 5.41) is 0. The molecule has 7 nitrogen and oxygen atoms in total. The third-order valence-electron chi connectivity index (χ3n) is 2.79. The van der Waals surface area contributed by atoms with Gasteiger partial charge in [-0.05, 0) is 33.6 Å². The molecular formula is C12H23NO6S. The highest BCUT2D eigenvalue weighted by molar-refractivity contribution is 7.91. The minimum Gasteiger partial charge on any atom is -0.443 e. The summed E-state index contributed by atoms with van der Waals surface area (Å²) < 4.78 is 40.3. The predicted octanol–water partition coefficient (Wildman–Crippen LogP) is 1.04. The van der Waals surface area contributed by atoms with E-state index in [2.05, 4.69) is 0 Å². The van der Waals surface area contributed by atoms with Crippen molar-refractivity contribution in [1.29, 1.82) is 0 Å². The average Bonchev–Trinajstić information content (AvgIpc) is 3.02. The molecule has 0 radical (unpaired) electrons. The highest BCUT2D eigenvalue weighted by Crippen LogP contribution is 2.43. The number of ether oxygens (including phenoxy) is 3. The number of carbonyl (C=O) groups excluding carboxylic acids is 1. The highest BCUT2D eigenvalue weighted by atomic mass is 32.2. The molecule has 0 spiro atoms. The molecule has 0 atom stereocenters. The topological polar surface area (TPSA) is 90.9 Å². The number of hydrogen-bond acceptors (Lipinski definition) is 6. The lowest BCUT2D eigenvalue weighted by molar-refractivity contribution is 0.0563. The fourth-order valence-corrected chi connectivity index (χ4v) is 2.90. The predicted molar refractivity (Wildman–Crippen MR) is 72.9 cm³/mol. The Morgan fingerprint density at radius 2 is 1.85 bits per heavy atom. The maximum atomic E-state index is 12.2. The first-order valence-corrected chi connectivity index (χ1v) is 7.92. The minimum absolute atomic E-state index is 0.0501. The SMILES string of the molecule is COCCOCC1(S(=O)(=O)NC(=O)OC(C)(C)C)CC1. The van der Waals surface area contributed by atoms with E-state index in [1.807, 2.05) is 4.72 Å². The van der Waals surface area contributed by atoms with E-state index >= 15 is 0 Å². The van der Waals surface area contributed by atoms with E-state index < -0.39 is 26.5 Å². The Labute approximate surface area is 120 Å². The van der Waals surface area contributed by atoms with Crippen molar-refractivity contribution in [2.24, 2.45) is 0 Å². The van der Waals surface area contributed by atoms with Crippen LogP contribution < -0.4 is 4.72 Å². The number of methoxy groups -OCH3 is 1. The molecule has 1 aliphatic carbocycles. The summed E-state index contributed by atoms with van der Waals surface area (Å²) >= 11 is 0. The Kier molecular flexibility index (Phi) is 5.39. The van der Waals surface area contributed by atoms with Crippen LogP contribution in [0.4, 0.5) is 4.79 Å². The number of nitrogens with one attached hydrogen (secondary N) is 1. The van der Waals surface area contributed by atoms with E-state index in [-0.39, 0.29) is 6.61 Å². The van der Waals surface area contributed by atoms with Crippen molar-refractivity contribution >= 4 is 16.1 Å². The summed E-state index contributed by atoms with van der Waals surface area (Å²) in [5.74, 6) is 0. The maximum absolute atomic E-state index is 12.2. The fraction of sp³-hybridized carbons (Fsp3) is 0.917. The van der Waals surface area contributed by atoms with Gasteiger partial charge in [0, 0.05) is 7.11 Å². The Bertz CT molecular complexity index is 435. The molecule has 1 aliphatic rings. The van der Waals surface area contributed by atoms with Gasteiger partial charge in [0.15, 0.2) is 0 Å². The summed E-state index contributed by atoms with van der Waals surface area (Å²) in [6, 6.07) is 0. The average molecular weight is 309 g/mol. The van der Waals surface area contributed by atoms with Crippen LogP contribution in [0.15, 0.2) is 0 Å². The van der Waals surface area contributed by atoms with Gasteiger partial charge in [0.1, 0.15) is 10.3 Å². The number of sulfonamides is 1. The smallest absolute Gasteiger partial charge is 0.421 e. The van der Waals surface area contributed by atoms with E-state index in [1.165, 1.54) is 7.11 Å². The van der Waals surface area contributed by atoms with Crippen molar-refractivity contribution in [2.45, 2.75) is 44.0 Å². The second-order valence-electron chi connectivity index (χ2n) is 5.84. The molecule has 20 heavy (non-hydrogen) atoms. The summed E-state index contributed by atoms with van der Waals surface area (Å²) in [5.41, 5.74) is -0.745. The third-order valence-corrected chi connectivity index (χ3v) is 4.89. The van der Waals surface area contributed by atoms with Crippen molar-refractivity contribution < 1.29 is 27.4 Å². The Morgan fingerprint density at radius 3 is 2.30 bits per heavy atom. The normalized spacial score (nSPS) is 17.6. The monoisotopic (exact) mass is 309 g/mol. The van der Waals surface area contributed by atoms with E-state index in [9.17, 15) is 13.2 Å². The zero-order valence-electron chi connectivity index (χ0n) is 12.4. The number of hydrogen-bond donors (Lipinski definition) is 1. The van der Waals surface area contributed by atoms with Gasteiger partial charge in [0.05, 0.1) is 19.8 Å². The van der Waals surface area contributed by atoms with Crippen molar-refractivity contribution in [1.82, 2.24) is 4.72 Å². The highest BCUT2D eigenvalue weighted by Gasteiger charge is 2.55. The van der Waals surface area contributed by atoms with Crippen LogP contribution in [0.5, 0.6) is 0 Å². The van der Waals surface area contributed by atoms with Crippen molar-refractivity contribution in [3.8, 4) is 0 Å². The van der Waals surface area contributed by atoms with Gasteiger partial charge >= 0.3 is 6.09 Å². The molecular weight excluding hydrogens is 286 g/mol. The summed E-state index contributed by atoms with van der Waals surface area (Å²) in [6.07, 6.45) is -0.0170. The fourth-order valence-electron chi connectivity index (χ4n) is 1.55. The molecule has 0 saturated heterocycles. The maximum Gasteiger partial charge on any atom is 0.421 e. The van der Waals surface area contributed by atoms with Crippen molar-refractivity contribution in [3.63, 3.8) is 0 Å². The number of rotatable bonds is 7. The molecule has 1 saturated carbocycles. The van der Waals surface area contributed by atoms with E-state index in [0.29, 0.717) is 26.1 Å². The van der Waals surface area contributed by atoms with Crippen LogP contribution in [0.2, 0.25) is 0 Å². The van der Waals surface area contributed by atoms with Crippen LogP contribution in [0.25, 0.3) is 0 Å². The molecule has 0 unspecified atom stereocenters. The molecule has 0 aliphatic heterocycles. The van der Waals surface area contributed by atoms with E-state index in [0.717, 1.165) is 0 Å². The van der Waals surface area contributed by atoms with Crippen LogP contribution in [0.3, 0.4) is 0 Å². The van der Waals surface area contributed by atoms with E-state index in [1.54, 1.807) is 20.8 Å². The van der Waals surface area contributed by atoms with Gasteiger partial charge in [-0.2, -0.15) is 0 Å². The lowest BCUT2D eigenvalue weighted by atomic mass is 10.2. The lowest BCUT2D eigenvalue weighted by Gasteiger charge is -2.22. The number of carbonyl (C=O) groups is 1. The van der Waals surface area contributed by atoms with Gasteiger partial charge in [-0.25, -0.2) is 17.9 Å². The summed E-state index contributed by atoms with van der Waals surface area (Å²) in [6.45, 7) is 5.77. The van der Waals surface area contributed by atoms with E-state index in [4.69, 9.17) is 14.2 Å². The zero-order chi connectivity index (χ0) is 15.4. The van der Waals surface area contributed by atoms with Crippen LogP contribution in [0.1, 0.15) is 33.6 Å². The van der Waals surface area contributed by atoms with Crippen LogP contribution >= 0.6 is 0 Å². The summed E-state index contributed by atoms with van der Waals surface area (Å²) in [7, 11) is -2.26. The summed E-state index contributed by atoms with van der Waals surface area (Å²) in [4.78, 5) is 11.6. The molecule has 1 fully saturated rings. The van der Waals surface area contributed by atoms with Crippen LogP contribution in [0, 0.1) is 0 Å². The second-order valence-corrected chi connectivity index (χ2v) is 7.91. The molecule has 1 amide bonds. The molecule has 0 aromatic heterocycles. The quantitative estimate of drug-likeness (QED) is 0.707. The number of amides is 1. The first-order chi connectivity index (χ1) is 9.12. The van der Waals surface area contributed by atoms with Gasteiger partial charge in [0.25, 0.3) is 0 Å². The molecule has 1 N–H and O–H groups in total. The molecule has 0 bridgehead atoms. The largest absolute Gasteiger partial charge is 0.443 e. The molecule has 1 rings (SSSR count). The van der Waals surface area contributed by atoms with Crippen molar-refractivity contribution in [2.75, 3.05) is 26.9 Å². The zero-order valence-corrected chi connectivity index (χ0v) is 13.2. The Morgan fingerprint density at radius 1 is 1.25 bits per heavy atom. The van der Waals surface area contributed by atoms with Gasteiger partial charge in [-0.1, -0.05) is 0 Å². The molecule has 0 aromatic rings. The Hall–Kier alpha value is -0.860. The third kappa shape index (κ3) is 4.92. The van der Waals surface area contributed by atoms with Gasteiger partial charge in [-0.3, -0.25) is 0 Å². The first-order valence-electron chi connectivity index (χ1n) is 6.44. The van der Waals surface area contributed by atoms with Gasteiger partial charge in [0.2, 0.25) is 10.0 Å².